The van der Waals surface area contributed by atoms with Gasteiger partial charge >= 0.3 is 6.09 Å². The molecule has 4 rings (SSSR count). The predicted molar refractivity (Wildman–Crippen MR) is 127 cm³/mol. The van der Waals surface area contributed by atoms with Crippen LogP contribution in [0, 0.1) is 0 Å². The molecule has 6 heteroatoms. The summed E-state index contributed by atoms with van der Waals surface area (Å²) < 4.78 is 16.1. The Bertz CT molecular complexity index is 1160. The number of hydrogen-bond donors (Lipinski definition) is 1. The Hall–Kier alpha value is -4.06. The third kappa shape index (κ3) is 4.60. The molecule has 0 spiro atoms. The average Bonchev–Trinajstić information content (AvgIpc) is 3.18. The van der Waals surface area contributed by atoms with Crippen molar-refractivity contribution in [2.45, 2.75) is 5.92 Å². The molecule has 1 amide bonds. The van der Waals surface area contributed by atoms with Crippen molar-refractivity contribution in [3.05, 3.63) is 89.0 Å². The minimum atomic E-state index is -0.484. The molecule has 0 unspecified atom stereocenters. The van der Waals surface area contributed by atoms with Crippen molar-refractivity contribution in [3.63, 3.8) is 0 Å². The molecular formula is C27H25NO5. The molecule has 3 aromatic rings. The number of carbonyl (C=O) groups excluding carboxylic acids is 2. The zero-order valence-corrected chi connectivity index (χ0v) is 18.5. The lowest BCUT2D eigenvalue weighted by atomic mass is 9.98. The van der Waals surface area contributed by atoms with E-state index < -0.39 is 6.09 Å². The van der Waals surface area contributed by atoms with Crippen LogP contribution in [0.25, 0.3) is 17.2 Å². The topological polar surface area (TPSA) is 73.9 Å². The van der Waals surface area contributed by atoms with Crippen LogP contribution in [0.15, 0.2) is 66.7 Å². The van der Waals surface area contributed by atoms with Crippen molar-refractivity contribution in [2.75, 3.05) is 27.4 Å². The molecule has 0 atom stereocenters. The van der Waals surface area contributed by atoms with Gasteiger partial charge in [-0.15, -0.1) is 0 Å². The summed E-state index contributed by atoms with van der Waals surface area (Å²) >= 11 is 0. The number of amides is 1. The van der Waals surface area contributed by atoms with E-state index in [2.05, 4.69) is 29.6 Å². The van der Waals surface area contributed by atoms with E-state index >= 15 is 0 Å². The maximum atomic E-state index is 12.3. The highest BCUT2D eigenvalue weighted by Gasteiger charge is 2.28. The Morgan fingerprint density at radius 2 is 1.48 bits per heavy atom. The van der Waals surface area contributed by atoms with E-state index in [1.165, 1.54) is 36.5 Å². The number of carbonyl (C=O) groups is 2. The van der Waals surface area contributed by atoms with Gasteiger partial charge < -0.3 is 19.5 Å². The molecule has 1 N–H and O–H groups in total. The van der Waals surface area contributed by atoms with Crippen molar-refractivity contribution < 1.29 is 23.8 Å². The molecule has 0 fully saturated rings. The number of ether oxygens (including phenoxy) is 3. The molecule has 0 heterocycles. The van der Waals surface area contributed by atoms with Gasteiger partial charge in [-0.3, -0.25) is 4.79 Å². The molecule has 0 aromatic heterocycles. The summed E-state index contributed by atoms with van der Waals surface area (Å²) in [6.45, 7) is 0.541. The number of rotatable bonds is 8. The van der Waals surface area contributed by atoms with Crippen LogP contribution >= 0.6 is 0 Å². The van der Waals surface area contributed by atoms with Crippen molar-refractivity contribution in [1.82, 2.24) is 5.32 Å². The number of fused-ring (bicyclic) bond motifs is 3. The third-order valence-electron chi connectivity index (χ3n) is 5.71. The molecular weight excluding hydrogens is 418 g/mol. The van der Waals surface area contributed by atoms with E-state index in [0.717, 1.165) is 5.56 Å². The van der Waals surface area contributed by atoms with Gasteiger partial charge in [-0.2, -0.15) is 0 Å². The van der Waals surface area contributed by atoms with E-state index in [9.17, 15) is 9.59 Å². The molecule has 0 saturated carbocycles. The van der Waals surface area contributed by atoms with Crippen LogP contribution in [0.5, 0.6) is 11.5 Å². The summed E-state index contributed by atoms with van der Waals surface area (Å²) in [4.78, 5) is 23.5. The molecule has 0 aliphatic heterocycles. The monoisotopic (exact) mass is 443 g/mol. The highest BCUT2D eigenvalue weighted by atomic mass is 16.5. The first-order valence-electron chi connectivity index (χ1n) is 10.6. The molecule has 0 radical (unpaired) electrons. The van der Waals surface area contributed by atoms with Gasteiger partial charge in [0.25, 0.3) is 0 Å². The van der Waals surface area contributed by atoms with Crippen molar-refractivity contribution in [2.24, 2.45) is 0 Å². The first-order valence-corrected chi connectivity index (χ1v) is 10.6. The zero-order valence-electron chi connectivity index (χ0n) is 18.5. The van der Waals surface area contributed by atoms with E-state index in [4.69, 9.17) is 14.2 Å². The van der Waals surface area contributed by atoms with Crippen LogP contribution in [0.4, 0.5) is 4.79 Å². The largest absolute Gasteiger partial charge is 0.496 e. The Balaban J connectivity index is 1.36. The smallest absolute Gasteiger partial charge is 0.407 e. The normalized spacial score (nSPS) is 12.2. The van der Waals surface area contributed by atoms with Gasteiger partial charge in [-0.1, -0.05) is 60.7 Å². The summed E-state index contributed by atoms with van der Waals surface area (Å²) in [5.74, 6) is 1.01. The van der Waals surface area contributed by atoms with Crippen LogP contribution in [0.1, 0.15) is 33.0 Å². The summed E-state index contributed by atoms with van der Waals surface area (Å²) in [6.07, 6.45) is 3.80. The Labute approximate surface area is 192 Å². The fourth-order valence-electron chi connectivity index (χ4n) is 4.14. The van der Waals surface area contributed by atoms with Gasteiger partial charge in [0.15, 0.2) is 6.29 Å². The average molecular weight is 443 g/mol. The highest BCUT2D eigenvalue weighted by molar-refractivity contribution is 5.82. The van der Waals surface area contributed by atoms with Crippen LogP contribution in [-0.4, -0.2) is 39.8 Å². The molecule has 33 heavy (non-hydrogen) atoms. The number of hydrogen-bond acceptors (Lipinski definition) is 5. The second-order valence-corrected chi connectivity index (χ2v) is 7.56. The van der Waals surface area contributed by atoms with Crippen LogP contribution in [0.3, 0.4) is 0 Å². The molecule has 1 aliphatic rings. The zero-order chi connectivity index (χ0) is 23.2. The number of nitrogens with one attached hydrogen (secondary N) is 1. The molecule has 0 bridgehead atoms. The quantitative estimate of drug-likeness (QED) is 0.492. The second kappa shape index (κ2) is 10.0. The van der Waals surface area contributed by atoms with Crippen LogP contribution < -0.4 is 14.8 Å². The molecule has 6 nitrogen and oxygen atoms in total. The third-order valence-corrected chi connectivity index (χ3v) is 5.71. The van der Waals surface area contributed by atoms with E-state index in [-0.39, 0.29) is 19.1 Å². The number of methoxy groups -OCH3 is 2. The molecule has 0 saturated heterocycles. The maximum absolute atomic E-state index is 12.3. The van der Waals surface area contributed by atoms with Gasteiger partial charge in [0.1, 0.15) is 18.1 Å². The summed E-state index contributed by atoms with van der Waals surface area (Å²) in [7, 11) is 3.03. The summed E-state index contributed by atoms with van der Waals surface area (Å²) in [6, 6.07) is 19.8. The highest BCUT2D eigenvalue weighted by Crippen LogP contribution is 2.44. The minimum absolute atomic E-state index is 0.0201. The molecule has 168 valence electrons. The Kier molecular flexibility index (Phi) is 6.74. The first-order chi connectivity index (χ1) is 16.2. The fourth-order valence-corrected chi connectivity index (χ4v) is 4.14. The van der Waals surface area contributed by atoms with Crippen molar-refractivity contribution in [3.8, 4) is 22.6 Å². The Morgan fingerprint density at radius 1 is 0.909 bits per heavy atom. The maximum Gasteiger partial charge on any atom is 0.407 e. The van der Waals surface area contributed by atoms with E-state index in [1.54, 1.807) is 24.3 Å². The standard InChI is InChI=1S/C27H25NO5/c1-31-25-15-19(16-29)26(32-2)14-18(25)8-7-13-28-27(30)33-17-24-22-11-5-3-9-20(22)21-10-4-6-12-23(21)24/h3-12,14-16,24H,13,17H2,1-2H3,(H,28,30). The number of aldehydes is 1. The van der Waals surface area contributed by atoms with Gasteiger partial charge in [-0.25, -0.2) is 4.79 Å². The van der Waals surface area contributed by atoms with E-state index in [0.29, 0.717) is 23.3 Å². The fraction of sp³-hybridized carbons (Fsp3) is 0.185. The molecule has 3 aromatic carbocycles. The SMILES string of the molecule is COc1cc(C=CCNC(=O)OCC2c3ccccc3-c3ccccc32)c(OC)cc1C=O. The van der Waals surface area contributed by atoms with Gasteiger partial charge in [0, 0.05) is 18.0 Å². The number of benzene rings is 3. The lowest BCUT2D eigenvalue weighted by Crippen LogP contribution is -2.26. The first kappa shape index (κ1) is 22.1. The predicted octanol–water partition coefficient (Wildman–Crippen LogP) is 5.07. The Morgan fingerprint density at radius 3 is 2.09 bits per heavy atom. The van der Waals surface area contributed by atoms with Crippen molar-refractivity contribution >= 4 is 18.5 Å². The number of alkyl carbamates (subject to hydrolysis) is 1. The van der Waals surface area contributed by atoms with E-state index in [1.807, 2.05) is 24.3 Å². The van der Waals surface area contributed by atoms with Crippen LogP contribution in [-0.2, 0) is 4.74 Å². The minimum Gasteiger partial charge on any atom is -0.496 e. The van der Waals surface area contributed by atoms with Crippen molar-refractivity contribution in [1.29, 1.82) is 0 Å². The van der Waals surface area contributed by atoms with Gasteiger partial charge in [0.2, 0.25) is 0 Å². The summed E-state index contributed by atoms with van der Waals surface area (Å²) in [5, 5.41) is 2.74. The second-order valence-electron chi connectivity index (χ2n) is 7.56. The summed E-state index contributed by atoms with van der Waals surface area (Å²) in [5.41, 5.74) is 5.86. The lowest BCUT2D eigenvalue weighted by Gasteiger charge is -2.14. The lowest BCUT2D eigenvalue weighted by molar-refractivity contribution is 0.112. The van der Waals surface area contributed by atoms with Gasteiger partial charge in [-0.05, 0) is 34.4 Å². The molecule has 1 aliphatic carbocycles. The van der Waals surface area contributed by atoms with Crippen LogP contribution in [0.2, 0.25) is 0 Å². The van der Waals surface area contributed by atoms with Gasteiger partial charge in [0.05, 0.1) is 19.8 Å².